The minimum Gasteiger partial charge on any atom is -0.399 e. The largest absolute Gasteiger partial charge is 0.399 e. The highest BCUT2D eigenvalue weighted by atomic mass is 35.5. The second kappa shape index (κ2) is 6.93. The van der Waals surface area contributed by atoms with Gasteiger partial charge in [-0.25, -0.2) is 0 Å². The zero-order valence-corrected chi connectivity index (χ0v) is 11.6. The van der Waals surface area contributed by atoms with Crippen LogP contribution in [0.1, 0.15) is 5.56 Å². The summed E-state index contributed by atoms with van der Waals surface area (Å²) < 4.78 is 5.34. The Balaban J connectivity index is 1.78. The molecular weight excluding hydrogens is 276 g/mol. The number of hydrogen-bond acceptors (Lipinski definition) is 3. The number of hydrogen-bond donors (Lipinski definition) is 2. The van der Waals surface area contributed by atoms with Crippen molar-refractivity contribution in [3.8, 4) is 0 Å². The Bertz CT molecular complexity index is 585. The number of benzene rings is 2. The van der Waals surface area contributed by atoms with E-state index < -0.39 is 0 Å². The maximum atomic E-state index is 11.7. The summed E-state index contributed by atoms with van der Waals surface area (Å²) in [5, 5.41) is 3.19. The quantitative estimate of drug-likeness (QED) is 0.832. The summed E-state index contributed by atoms with van der Waals surface area (Å²) in [6.07, 6.45) is 0. The van der Waals surface area contributed by atoms with Crippen LogP contribution in [-0.4, -0.2) is 12.5 Å². The number of para-hydroxylation sites is 1. The van der Waals surface area contributed by atoms with Crippen molar-refractivity contribution in [1.29, 1.82) is 0 Å². The van der Waals surface area contributed by atoms with Gasteiger partial charge in [0.2, 0.25) is 5.91 Å². The lowest BCUT2D eigenvalue weighted by Crippen LogP contribution is -2.18. The maximum absolute atomic E-state index is 11.7. The number of halogens is 1. The standard InChI is InChI=1S/C15H15ClN2O2/c16-13-3-1-2-4-14(13)18-15(19)10-20-9-11-5-7-12(17)8-6-11/h1-8H,9-10,17H2,(H,18,19). The summed E-state index contributed by atoms with van der Waals surface area (Å²) in [6, 6.07) is 14.4. The molecule has 0 fully saturated rings. The first kappa shape index (κ1) is 14.4. The molecule has 0 aromatic heterocycles. The third-order valence-electron chi connectivity index (χ3n) is 2.63. The number of nitrogens with one attached hydrogen (secondary N) is 1. The van der Waals surface area contributed by atoms with E-state index in [2.05, 4.69) is 5.32 Å². The van der Waals surface area contributed by atoms with Crippen molar-refractivity contribution in [3.05, 3.63) is 59.1 Å². The van der Waals surface area contributed by atoms with Gasteiger partial charge in [-0.15, -0.1) is 0 Å². The molecule has 0 heterocycles. The summed E-state index contributed by atoms with van der Waals surface area (Å²) in [5.74, 6) is -0.242. The van der Waals surface area contributed by atoms with Crippen LogP contribution in [0.5, 0.6) is 0 Å². The van der Waals surface area contributed by atoms with Crippen LogP contribution in [0.3, 0.4) is 0 Å². The minimum absolute atomic E-state index is 0.0321. The van der Waals surface area contributed by atoms with Gasteiger partial charge < -0.3 is 15.8 Å². The molecular formula is C15H15ClN2O2. The highest BCUT2D eigenvalue weighted by Crippen LogP contribution is 2.20. The van der Waals surface area contributed by atoms with Gasteiger partial charge in [0.25, 0.3) is 0 Å². The predicted octanol–water partition coefficient (Wildman–Crippen LogP) is 3.08. The molecule has 0 saturated heterocycles. The van der Waals surface area contributed by atoms with Gasteiger partial charge in [-0.2, -0.15) is 0 Å². The maximum Gasteiger partial charge on any atom is 0.250 e. The molecule has 2 aromatic rings. The van der Waals surface area contributed by atoms with Crippen molar-refractivity contribution in [3.63, 3.8) is 0 Å². The van der Waals surface area contributed by atoms with Gasteiger partial charge in [-0.05, 0) is 29.8 Å². The van der Waals surface area contributed by atoms with Crippen molar-refractivity contribution in [1.82, 2.24) is 0 Å². The van der Waals surface area contributed by atoms with Crippen LogP contribution in [0.2, 0.25) is 5.02 Å². The molecule has 0 aliphatic heterocycles. The van der Waals surface area contributed by atoms with Crippen LogP contribution in [0.15, 0.2) is 48.5 Å². The number of carbonyl (C=O) groups is 1. The van der Waals surface area contributed by atoms with E-state index in [0.717, 1.165) is 5.56 Å². The highest BCUT2D eigenvalue weighted by Gasteiger charge is 2.05. The Labute approximate surface area is 122 Å². The van der Waals surface area contributed by atoms with Crippen molar-refractivity contribution < 1.29 is 9.53 Å². The molecule has 0 bridgehead atoms. The fourth-order valence-electron chi connectivity index (χ4n) is 1.62. The minimum atomic E-state index is -0.242. The first-order valence-electron chi connectivity index (χ1n) is 6.11. The van der Waals surface area contributed by atoms with Gasteiger partial charge in [-0.1, -0.05) is 35.9 Å². The third kappa shape index (κ3) is 4.26. The van der Waals surface area contributed by atoms with Crippen molar-refractivity contribution in [2.24, 2.45) is 0 Å². The molecule has 3 N–H and O–H groups in total. The SMILES string of the molecule is Nc1ccc(COCC(=O)Nc2ccccc2Cl)cc1. The van der Waals surface area contributed by atoms with Gasteiger partial charge >= 0.3 is 0 Å². The normalized spacial score (nSPS) is 10.2. The van der Waals surface area contributed by atoms with Gasteiger partial charge in [0.05, 0.1) is 17.3 Å². The van der Waals surface area contributed by atoms with Gasteiger partial charge in [0.15, 0.2) is 0 Å². The molecule has 0 unspecified atom stereocenters. The molecule has 0 atom stereocenters. The van der Waals surface area contributed by atoms with Crippen LogP contribution in [0.4, 0.5) is 11.4 Å². The Morgan fingerprint density at radius 2 is 1.85 bits per heavy atom. The van der Waals surface area contributed by atoms with E-state index in [9.17, 15) is 4.79 Å². The molecule has 4 nitrogen and oxygen atoms in total. The topological polar surface area (TPSA) is 64.3 Å². The predicted molar refractivity (Wildman–Crippen MR) is 80.6 cm³/mol. The molecule has 0 radical (unpaired) electrons. The van der Waals surface area contributed by atoms with E-state index in [4.69, 9.17) is 22.1 Å². The fraction of sp³-hybridized carbons (Fsp3) is 0.133. The van der Waals surface area contributed by atoms with Crippen LogP contribution in [0.25, 0.3) is 0 Å². The number of nitrogens with two attached hydrogens (primary N) is 1. The number of rotatable bonds is 5. The summed E-state index contributed by atoms with van der Waals surface area (Å²) >= 11 is 5.95. The Morgan fingerprint density at radius 1 is 1.15 bits per heavy atom. The molecule has 20 heavy (non-hydrogen) atoms. The molecule has 0 spiro atoms. The lowest BCUT2D eigenvalue weighted by atomic mass is 10.2. The lowest BCUT2D eigenvalue weighted by Gasteiger charge is -2.08. The van der Waals surface area contributed by atoms with Gasteiger partial charge in [0, 0.05) is 5.69 Å². The third-order valence-corrected chi connectivity index (χ3v) is 2.96. The summed E-state index contributed by atoms with van der Waals surface area (Å²) in [4.78, 5) is 11.7. The van der Waals surface area contributed by atoms with E-state index in [1.165, 1.54) is 0 Å². The summed E-state index contributed by atoms with van der Waals surface area (Å²) in [6.45, 7) is 0.325. The van der Waals surface area contributed by atoms with Crippen LogP contribution in [0, 0.1) is 0 Å². The molecule has 2 aromatic carbocycles. The van der Waals surface area contributed by atoms with E-state index >= 15 is 0 Å². The number of nitrogen functional groups attached to an aromatic ring is 1. The average Bonchev–Trinajstić information content (AvgIpc) is 2.44. The molecule has 2 rings (SSSR count). The van der Waals surface area contributed by atoms with Crippen molar-refractivity contribution in [2.45, 2.75) is 6.61 Å². The van der Waals surface area contributed by atoms with Gasteiger partial charge in [-0.3, -0.25) is 4.79 Å². The number of amides is 1. The zero-order chi connectivity index (χ0) is 14.4. The van der Waals surface area contributed by atoms with Gasteiger partial charge in [0.1, 0.15) is 6.61 Å². The number of ether oxygens (including phenoxy) is 1. The average molecular weight is 291 g/mol. The number of anilines is 2. The molecule has 0 saturated carbocycles. The Kier molecular flexibility index (Phi) is 4.98. The van der Waals surface area contributed by atoms with Crippen molar-refractivity contribution in [2.75, 3.05) is 17.7 Å². The zero-order valence-electron chi connectivity index (χ0n) is 10.8. The van der Waals surface area contributed by atoms with E-state index in [0.29, 0.717) is 23.0 Å². The molecule has 1 amide bonds. The molecule has 0 aliphatic rings. The second-order valence-corrected chi connectivity index (χ2v) is 4.67. The number of carbonyl (C=O) groups excluding carboxylic acids is 1. The molecule has 5 heteroatoms. The Morgan fingerprint density at radius 3 is 2.55 bits per heavy atom. The monoisotopic (exact) mass is 290 g/mol. The molecule has 104 valence electrons. The van der Waals surface area contributed by atoms with Crippen molar-refractivity contribution >= 4 is 28.9 Å². The van der Waals surface area contributed by atoms with E-state index in [1.807, 2.05) is 12.1 Å². The van der Waals surface area contributed by atoms with Crippen LogP contribution < -0.4 is 11.1 Å². The van der Waals surface area contributed by atoms with E-state index in [1.54, 1.807) is 36.4 Å². The lowest BCUT2D eigenvalue weighted by molar-refractivity contribution is -0.121. The first-order chi connectivity index (χ1) is 9.65. The summed E-state index contributed by atoms with van der Waals surface area (Å²) in [5.41, 5.74) is 7.83. The van der Waals surface area contributed by atoms with Crippen LogP contribution in [-0.2, 0) is 16.1 Å². The van der Waals surface area contributed by atoms with E-state index in [-0.39, 0.29) is 12.5 Å². The Hall–Kier alpha value is -2.04. The second-order valence-electron chi connectivity index (χ2n) is 4.26. The van der Waals surface area contributed by atoms with Crippen LogP contribution >= 0.6 is 11.6 Å². The summed E-state index contributed by atoms with van der Waals surface area (Å²) in [7, 11) is 0. The first-order valence-corrected chi connectivity index (χ1v) is 6.49. The molecule has 0 aliphatic carbocycles. The smallest absolute Gasteiger partial charge is 0.250 e. The highest BCUT2D eigenvalue weighted by molar-refractivity contribution is 6.33. The fourth-order valence-corrected chi connectivity index (χ4v) is 1.81.